The number of halogens is 1. The van der Waals surface area contributed by atoms with Crippen molar-refractivity contribution < 1.29 is 13.2 Å². The van der Waals surface area contributed by atoms with Crippen LogP contribution < -0.4 is 4.74 Å². The number of nitrogens with zero attached hydrogens (tertiary/aromatic N) is 1. The van der Waals surface area contributed by atoms with Gasteiger partial charge in [-0.25, -0.2) is 8.42 Å². The lowest BCUT2D eigenvalue weighted by Crippen LogP contribution is -2.30. The van der Waals surface area contributed by atoms with Crippen molar-refractivity contribution in [2.45, 2.75) is 10.3 Å². The topological polar surface area (TPSA) is 46.6 Å². The molecule has 1 heterocycles. The molecule has 0 aromatic heterocycles. The summed E-state index contributed by atoms with van der Waals surface area (Å²) in [5.74, 6) is 1.37. The Bertz CT molecular complexity index is 793. The van der Waals surface area contributed by atoms with E-state index in [1.54, 1.807) is 49.2 Å². The molecule has 1 aliphatic heterocycles. The van der Waals surface area contributed by atoms with Gasteiger partial charge in [0.1, 0.15) is 5.75 Å². The number of hydrogen-bond donors (Lipinski definition) is 0. The summed E-state index contributed by atoms with van der Waals surface area (Å²) in [6.45, 7) is 0.467. The van der Waals surface area contributed by atoms with Gasteiger partial charge in [-0.1, -0.05) is 29.8 Å². The van der Waals surface area contributed by atoms with E-state index < -0.39 is 10.0 Å². The quantitative estimate of drug-likeness (QED) is 0.822. The molecule has 1 saturated heterocycles. The van der Waals surface area contributed by atoms with Crippen LogP contribution in [0.1, 0.15) is 10.9 Å². The molecule has 1 atom stereocenters. The number of ether oxygens (including phenoxy) is 1. The van der Waals surface area contributed by atoms with Crippen molar-refractivity contribution in [2.75, 3.05) is 19.4 Å². The van der Waals surface area contributed by atoms with Crippen LogP contribution in [0.25, 0.3) is 0 Å². The van der Waals surface area contributed by atoms with E-state index in [0.29, 0.717) is 17.3 Å². The maximum Gasteiger partial charge on any atom is 0.244 e. The van der Waals surface area contributed by atoms with E-state index in [1.807, 2.05) is 18.2 Å². The predicted octanol–water partition coefficient (Wildman–Crippen LogP) is 3.78. The largest absolute Gasteiger partial charge is 0.497 e. The Morgan fingerprint density at radius 1 is 1.17 bits per heavy atom. The third-order valence-electron chi connectivity index (χ3n) is 3.69. The number of thioether (sulfide) groups is 1. The minimum Gasteiger partial charge on any atom is -0.497 e. The van der Waals surface area contributed by atoms with Crippen LogP contribution in [-0.4, -0.2) is 32.1 Å². The lowest BCUT2D eigenvalue weighted by atomic mass is 10.2. The van der Waals surface area contributed by atoms with Crippen LogP contribution in [0.4, 0.5) is 0 Å². The minimum atomic E-state index is -3.58. The molecule has 0 saturated carbocycles. The first-order valence-electron chi connectivity index (χ1n) is 7.06. The van der Waals surface area contributed by atoms with Crippen molar-refractivity contribution >= 4 is 33.4 Å². The van der Waals surface area contributed by atoms with Gasteiger partial charge in [0.05, 0.1) is 17.4 Å². The highest BCUT2D eigenvalue weighted by atomic mass is 35.5. The van der Waals surface area contributed by atoms with Gasteiger partial charge >= 0.3 is 0 Å². The summed E-state index contributed by atoms with van der Waals surface area (Å²) in [5, 5.41) is 0.289. The van der Waals surface area contributed by atoms with E-state index in [0.717, 1.165) is 11.3 Å². The Balaban J connectivity index is 1.96. The molecular formula is C16H16ClNO3S2. The van der Waals surface area contributed by atoms with Crippen LogP contribution in [0.5, 0.6) is 5.75 Å². The molecule has 3 rings (SSSR count). The molecule has 7 heteroatoms. The van der Waals surface area contributed by atoms with Crippen molar-refractivity contribution in [1.82, 2.24) is 4.31 Å². The van der Waals surface area contributed by atoms with Gasteiger partial charge in [-0.2, -0.15) is 4.31 Å². The molecule has 0 aliphatic carbocycles. The molecule has 0 spiro atoms. The average molecular weight is 370 g/mol. The molecule has 0 bridgehead atoms. The fourth-order valence-electron chi connectivity index (χ4n) is 2.50. The molecule has 0 amide bonds. The van der Waals surface area contributed by atoms with E-state index in [9.17, 15) is 8.42 Å². The van der Waals surface area contributed by atoms with Gasteiger partial charge in [0.15, 0.2) is 0 Å². The maximum absolute atomic E-state index is 13.0. The second kappa shape index (κ2) is 6.73. The van der Waals surface area contributed by atoms with Crippen molar-refractivity contribution in [2.24, 2.45) is 0 Å². The van der Waals surface area contributed by atoms with Crippen LogP contribution in [-0.2, 0) is 10.0 Å². The number of sulfonamides is 1. The highest BCUT2D eigenvalue weighted by Gasteiger charge is 2.37. The van der Waals surface area contributed by atoms with Gasteiger partial charge in [0, 0.05) is 17.3 Å². The summed E-state index contributed by atoms with van der Waals surface area (Å²) in [4.78, 5) is 0.262. The molecule has 0 unspecified atom stereocenters. The Morgan fingerprint density at radius 2 is 1.87 bits per heavy atom. The first-order valence-corrected chi connectivity index (χ1v) is 9.92. The van der Waals surface area contributed by atoms with E-state index >= 15 is 0 Å². The molecule has 4 nitrogen and oxygen atoms in total. The van der Waals surface area contributed by atoms with Gasteiger partial charge < -0.3 is 4.74 Å². The normalized spacial score (nSPS) is 19.0. The SMILES string of the molecule is COc1ccc(S(=O)(=O)N2CCS[C@@H]2c2ccccc2Cl)cc1. The van der Waals surface area contributed by atoms with Crippen molar-refractivity contribution in [3.05, 3.63) is 59.1 Å². The van der Waals surface area contributed by atoms with E-state index in [-0.39, 0.29) is 10.3 Å². The zero-order chi connectivity index (χ0) is 16.4. The van der Waals surface area contributed by atoms with Gasteiger partial charge in [-0.05, 0) is 35.9 Å². The molecule has 0 N–H and O–H groups in total. The molecular weight excluding hydrogens is 354 g/mol. The summed E-state index contributed by atoms with van der Waals surface area (Å²) in [6.07, 6.45) is 0. The molecule has 1 aliphatic rings. The van der Waals surface area contributed by atoms with E-state index in [2.05, 4.69) is 0 Å². The Labute approximate surface area is 145 Å². The van der Waals surface area contributed by atoms with E-state index in [1.165, 1.54) is 4.31 Å². The highest BCUT2D eigenvalue weighted by molar-refractivity contribution is 8.01. The molecule has 0 radical (unpaired) electrons. The van der Waals surface area contributed by atoms with Gasteiger partial charge in [0.25, 0.3) is 0 Å². The number of methoxy groups -OCH3 is 1. The monoisotopic (exact) mass is 369 g/mol. The second-order valence-corrected chi connectivity index (χ2v) is 8.52. The van der Waals surface area contributed by atoms with Crippen molar-refractivity contribution in [3.8, 4) is 5.75 Å². The third-order valence-corrected chi connectivity index (χ3v) is 7.29. The highest BCUT2D eigenvalue weighted by Crippen LogP contribution is 2.43. The summed E-state index contributed by atoms with van der Waals surface area (Å²) >= 11 is 7.84. The van der Waals surface area contributed by atoms with Crippen LogP contribution in [0.2, 0.25) is 5.02 Å². The maximum atomic E-state index is 13.0. The number of benzene rings is 2. The van der Waals surface area contributed by atoms with Crippen LogP contribution in [0.15, 0.2) is 53.4 Å². The molecule has 23 heavy (non-hydrogen) atoms. The molecule has 2 aromatic carbocycles. The molecule has 2 aromatic rings. The van der Waals surface area contributed by atoms with Crippen molar-refractivity contribution in [1.29, 1.82) is 0 Å². The Kier molecular flexibility index (Phi) is 4.87. The zero-order valence-electron chi connectivity index (χ0n) is 12.5. The zero-order valence-corrected chi connectivity index (χ0v) is 14.9. The van der Waals surface area contributed by atoms with Gasteiger partial charge in [0.2, 0.25) is 10.0 Å². The van der Waals surface area contributed by atoms with Crippen LogP contribution >= 0.6 is 23.4 Å². The second-order valence-electron chi connectivity index (χ2n) is 5.04. The lowest BCUT2D eigenvalue weighted by molar-refractivity contribution is 0.414. The first kappa shape index (κ1) is 16.6. The fourth-order valence-corrected chi connectivity index (χ4v) is 6.08. The summed E-state index contributed by atoms with van der Waals surface area (Å²) in [6, 6.07) is 13.8. The van der Waals surface area contributed by atoms with Crippen molar-refractivity contribution in [3.63, 3.8) is 0 Å². The molecule has 122 valence electrons. The minimum absolute atomic E-state index is 0.262. The number of hydrogen-bond acceptors (Lipinski definition) is 4. The summed E-state index contributed by atoms with van der Waals surface area (Å²) < 4.78 is 32.5. The number of rotatable bonds is 4. The molecule has 1 fully saturated rings. The lowest BCUT2D eigenvalue weighted by Gasteiger charge is -2.24. The smallest absolute Gasteiger partial charge is 0.244 e. The van der Waals surface area contributed by atoms with Crippen LogP contribution in [0.3, 0.4) is 0 Å². The standard InChI is InChI=1S/C16H16ClNO3S2/c1-21-12-6-8-13(9-7-12)23(19,20)18-10-11-22-16(18)14-4-2-3-5-15(14)17/h2-9,16H,10-11H2,1H3/t16-/m1/s1. The first-order chi connectivity index (χ1) is 11.0. The van der Waals surface area contributed by atoms with E-state index in [4.69, 9.17) is 16.3 Å². The Morgan fingerprint density at radius 3 is 2.52 bits per heavy atom. The summed E-state index contributed by atoms with van der Waals surface area (Å²) in [5.41, 5.74) is 0.828. The van der Waals surface area contributed by atoms with Gasteiger partial charge in [-0.15, -0.1) is 11.8 Å². The third kappa shape index (κ3) is 3.21. The van der Waals surface area contributed by atoms with Gasteiger partial charge in [-0.3, -0.25) is 0 Å². The van der Waals surface area contributed by atoms with Crippen LogP contribution in [0, 0.1) is 0 Å². The fraction of sp³-hybridized carbons (Fsp3) is 0.250. The predicted molar refractivity (Wildman–Crippen MR) is 93.5 cm³/mol. The summed E-state index contributed by atoms with van der Waals surface area (Å²) in [7, 11) is -2.03. The Hall–Kier alpha value is -1.21. The average Bonchev–Trinajstić information content (AvgIpc) is 3.05.